The van der Waals surface area contributed by atoms with Crippen LogP contribution in [0.4, 0.5) is 0 Å². The van der Waals surface area contributed by atoms with Crippen LogP contribution in [0, 0.1) is 0 Å². The van der Waals surface area contributed by atoms with Crippen LogP contribution in [0.25, 0.3) is 0 Å². The fraction of sp³-hybridized carbons (Fsp3) is 0.429. The Hall–Kier alpha value is -1.80. The minimum Gasteiger partial charge on any atom is -0.353 e. The third kappa shape index (κ3) is 3.18. The van der Waals surface area contributed by atoms with E-state index in [9.17, 15) is 0 Å². The zero-order valence-electron chi connectivity index (χ0n) is 15.0. The lowest BCUT2D eigenvalue weighted by Gasteiger charge is -2.45. The van der Waals surface area contributed by atoms with Crippen molar-refractivity contribution in [3.63, 3.8) is 0 Å². The Morgan fingerprint density at radius 1 is 0.704 bits per heavy atom. The van der Waals surface area contributed by atoms with E-state index < -0.39 is 18.9 Å². The highest BCUT2D eigenvalue weighted by Gasteiger charge is 2.56. The Bertz CT molecular complexity index is 754. The van der Waals surface area contributed by atoms with E-state index in [2.05, 4.69) is 0 Å². The molecule has 2 aromatic rings. The van der Waals surface area contributed by atoms with Crippen molar-refractivity contribution in [3.8, 4) is 0 Å². The second-order valence-corrected chi connectivity index (χ2v) is 6.90. The molecule has 0 spiro atoms. The molecule has 7 atom stereocenters. The first-order valence-electron chi connectivity index (χ1n) is 9.19. The van der Waals surface area contributed by atoms with Crippen molar-refractivity contribution in [1.29, 1.82) is 0 Å². The van der Waals surface area contributed by atoms with Crippen molar-refractivity contribution in [2.45, 2.75) is 43.3 Å². The van der Waals surface area contributed by atoms with Crippen molar-refractivity contribution in [2.75, 3.05) is 13.7 Å². The summed E-state index contributed by atoms with van der Waals surface area (Å²) in [6.45, 7) is 0.409. The Labute approximate surface area is 157 Å². The number of benzene rings is 2. The molecule has 2 aromatic carbocycles. The van der Waals surface area contributed by atoms with E-state index >= 15 is 0 Å². The standard InChI is InChI=1S/C21H22O6/c1-22-21-18-17(26-20(27-18)14-10-6-3-7-11-14)16-15(24-21)12-23-19(25-16)13-8-4-2-5-9-13/h2-11,15-21H,12H2,1H3/t15-,16-,17+,18+,19?,20+,21+/m1/s1. The Morgan fingerprint density at radius 3 is 1.96 bits per heavy atom. The minimum absolute atomic E-state index is 0.269. The van der Waals surface area contributed by atoms with Crippen LogP contribution in [0.5, 0.6) is 0 Å². The van der Waals surface area contributed by atoms with Crippen molar-refractivity contribution in [1.82, 2.24) is 0 Å². The molecule has 0 N–H and O–H groups in total. The second-order valence-electron chi connectivity index (χ2n) is 6.90. The molecule has 6 nitrogen and oxygen atoms in total. The number of hydrogen-bond acceptors (Lipinski definition) is 6. The van der Waals surface area contributed by atoms with E-state index in [0.717, 1.165) is 11.1 Å². The fourth-order valence-electron chi connectivity index (χ4n) is 3.90. The lowest BCUT2D eigenvalue weighted by molar-refractivity contribution is -0.343. The van der Waals surface area contributed by atoms with Crippen LogP contribution in [0.15, 0.2) is 60.7 Å². The molecule has 3 heterocycles. The number of methoxy groups -OCH3 is 1. The molecule has 0 bridgehead atoms. The van der Waals surface area contributed by atoms with Crippen LogP contribution in [0.2, 0.25) is 0 Å². The Balaban J connectivity index is 1.39. The fourth-order valence-corrected chi connectivity index (χ4v) is 3.90. The van der Waals surface area contributed by atoms with Crippen molar-refractivity contribution < 1.29 is 28.4 Å². The van der Waals surface area contributed by atoms with E-state index in [4.69, 9.17) is 28.4 Å². The van der Waals surface area contributed by atoms with E-state index in [1.54, 1.807) is 7.11 Å². The van der Waals surface area contributed by atoms with Gasteiger partial charge in [-0.15, -0.1) is 0 Å². The summed E-state index contributed by atoms with van der Waals surface area (Å²) in [5, 5.41) is 0. The molecule has 0 aliphatic carbocycles. The first-order valence-corrected chi connectivity index (χ1v) is 9.19. The highest BCUT2D eigenvalue weighted by molar-refractivity contribution is 5.18. The molecule has 3 aliphatic rings. The first-order chi connectivity index (χ1) is 13.3. The highest BCUT2D eigenvalue weighted by Crippen LogP contribution is 2.43. The molecule has 5 rings (SSSR count). The molecule has 0 saturated carbocycles. The van der Waals surface area contributed by atoms with Gasteiger partial charge in [-0.1, -0.05) is 60.7 Å². The van der Waals surface area contributed by atoms with Crippen molar-refractivity contribution in [2.24, 2.45) is 0 Å². The van der Waals surface area contributed by atoms with Crippen molar-refractivity contribution in [3.05, 3.63) is 71.8 Å². The van der Waals surface area contributed by atoms with Gasteiger partial charge in [0.25, 0.3) is 0 Å². The summed E-state index contributed by atoms with van der Waals surface area (Å²) in [5.74, 6) is 0. The van der Waals surface area contributed by atoms with Crippen LogP contribution in [0.3, 0.4) is 0 Å². The lowest BCUT2D eigenvalue weighted by atomic mass is 9.98. The molecule has 3 saturated heterocycles. The van der Waals surface area contributed by atoms with Gasteiger partial charge in [0.15, 0.2) is 18.9 Å². The van der Waals surface area contributed by atoms with Gasteiger partial charge in [-0.3, -0.25) is 0 Å². The first kappa shape index (κ1) is 17.3. The molecule has 0 amide bonds. The summed E-state index contributed by atoms with van der Waals surface area (Å²) in [4.78, 5) is 0. The smallest absolute Gasteiger partial charge is 0.186 e. The lowest BCUT2D eigenvalue weighted by Crippen LogP contribution is -2.61. The summed E-state index contributed by atoms with van der Waals surface area (Å²) < 4.78 is 36.1. The van der Waals surface area contributed by atoms with Gasteiger partial charge in [-0.25, -0.2) is 0 Å². The van der Waals surface area contributed by atoms with Gasteiger partial charge in [0.2, 0.25) is 0 Å². The highest BCUT2D eigenvalue weighted by atomic mass is 16.8. The molecule has 0 aromatic heterocycles. The molecule has 0 radical (unpaired) electrons. The molecular weight excluding hydrogens is 348 g/mol. The third-order valence-electron chi connectivity index (χ3n) is 5.22. The van der Waals surface area contributed by atoms with Gasteiger partial charge in [-0.05, 0) is 0 Å². The third-order valence-corrected chi connectivity index (χ3v) is 5.22. The maximum absolute atomic E-state index is 6.27. The average molecular weight is 370 g/mol. The summed E-state index contributed by atoms with van der Waals surface area (Å²) in [5.41, 5.74) is 1.94. The zero-order chi connectivity index (χ0) is 18.2. The Kier molecular flexibility index (Phi) is 4.69. The average Bonchev–Trinajstić information content (AvgIpc) is 3.20. The van der Waals surface area contributed by atoms with Crippen LogP contribution < -0.4 is 0 Å². The number of hydrogen-bond donors (Lipinski definition) is 0. The van der Waals surface area contributed by atoms with Gasteiger partial charge < -0.3 is 28.4 Å². The second kappa shape index (κ2) is 7.31. The van der Waals surface area contributed by atoms with Crippen LogP contribution in [-0.2, 0) is 28.4 Å². The van der Waals surface area contributed by atoms with Gasteiger partial charge in [-0.2, -0.15) is 0 Å². The molecule has 1 unspecified atom stereocenters. The topological polar surface area (TPSA) is 55.4 Å². The maximum Gasteiger partial charge on any atom is 0.186 e. The SMILES string of the molecule is CO[C@H]1O[C@@H]2COC(c3ccccc3)O[C@H]2[C@@H]2O[C@H](c3ccccc3)O[C@H]12. The molecule has 3 aliphatic heterocycles. The van der Waals surface area contributed by atoms with Crippen LogP contribution in [0.1, 0.15) is 23.7 Å². The van der Waals surface area contributed by atoms with E-state index in [-0.39, 0.29) is 24.4 Å². The predicted molar refractivity (Wildman–Crippen MR) is 94.6 cm³/mol. The summed E-state index contributed by atoms with van der Waals surface area (Å²) >= 11 is 0. The van der Waals surface area contributed by atoms with Gasteiger partial charge in [0, 0.05) is 18.2 Å². The number of ether oxygens (including phenoxy) is 6. The van der Waals surface area contributed by atoms with E-state index in [1.807, 2.05) is 60.7 Å². The summed E-state index contributed by atoms with van der Waals surface area (Å²) in [6, 6.07) is 19.8. The van der Waals surface area contributed by atoms with Gasteiger partial charge >= 0.3 is 0 Å². The monoisotopic (exact) mass is 370 g/mol. The molecule has 3 fully saturated rings. The largest absolute Gasteiger partial charge is 0.353 e. The van der Waals surface area contributed by atoms with Gasteiger partial charge in [0.1, 0.15) is 24.4 Å². The molecule has 6 heteroatoms. The normalized spacial score (nSPS) is 38.2. The number of fused-ring (bicyclic) bond motifs is 3. The summed E-state index contributed by atoms with van der Waals surface area (Å²) in [6.07, 6.45) is -2.67. The van der Waals surface area contributed by atoms with Crippen LogP contribution in [-0.4, -0.2) is 44.4 Å². The predicted octanol–water partition coefficient (Wildman–Crippen LogP) is 2.95. The number of rotatable bonds is 3. The summed E-state index contributed by atoms with van der Waals surface area (Å²) in [7, 11) is 1.61. The van der Waals surface area contributed by atoms with E-state index in [1.165, 1.54) is 0 Å². The molecule has 142 valence electrons. The molecule has 27 heavy (non-hydrogen) atoms. The quantitative estimate of drug-likeness (QED) is 0.828. The van der Waals surface area contributed by atoms with Crippen LogP contribution >= 0.6 is 0 Å². The zero-order valence-corrected chi connectivity index (χ0v) is 15.0. The maximum atomic E-state index is 6.27. The van der Waals surface area contributed by atoms with Crippen molar-refractivity contribution >= 4 is 0 Å². The Morgan fingerprint density at radius 2 is 1.30 bits per heavy atom. The molecular formula is C21H22O6. The van der Waals surface area contributed by atoms with E-state index in [0.29, 0.717) is 6.61 Å². The van der Waals surface area contributed by atoms with Gasteiger partial charge in [0.05, 0.1) is 6.61 Å². The minimum atomic E-state index is -0.523.